The van der Waals surface area contributed by atoms with Gasteiger partial charge in [-0.1, -0.05) is 42.6 Å². The number of thioether (sulfide) groups is 1. The molecule has 0 amide bonds. The quantitative estimate of drug-likeness (QED) is 0.337. The minimum atomic E-state index is 0.378. The largest absolute Gasteiger partial charge is 0.461 e. The summed E-state index contributed by atoms with van der Waals surface area (Å²) in [6.45, 7) is 0. The van der Waals surface area contributed by atoms with Gasteiger partial charge in [0.25, 0.3) is 0 Å². The van der Waals surface area contributed by atoms with Gasteiger partial charge in [-0.15, -0.1) is 20.4 Å². The van der Waals surface area contributed by atoms with Crippen molar-refractivity contribution in [3.05, 3.63) is 53.6 Å². The van der Waals surface area contributed by atoms with E-state index in [1.54, 1.807) is 30.2 Å². The van der Waals surface area contributed by atoms with Gasteiger partial charge in [-0.2, -0.15) is 0 Å². The van der Waals surface area contributed by atoms with Crippen LogP contribution in [-0.2, 0) is 5.75 Å². The molecular formula is C21H20ClN5O2S. The van der Waals surface area contributed by atoms with E-state index in [-0.39, 0.29) is 0 Å². The summed E-state index contributed by atoms with van der Waals surface area (Å²) in [7, 11) is 0. The first-order valence-corrected chi connectivity index (χ1v) is 11.3. The van der Waals surface area contributed by atoms with Crippen LogP contribution >= 0.6 is 23.4 Å². The molecule has 3 heterocycles. The average Bonchev–Trinajstić information content (AvgIpc) is 3.53. The van der Waals surface area contributed by atoms with Crippen LogP contribution in [0.4, 0.5) is 0 Å². The highest BCUT2D eigenvalue weighted by Crippen LogP contribution is 2.36. The fourth-order valence-corrected chi connectivity index (χ4v) is 4.73. The molecule has 7 nitrogen and oxygen atoms in total. The zero-order valence-corrected chi connectivity index (χ0v) is 17.8. The molecule has 1 aliphatic carbocycles. The highest BCUT2D eigenvalue weighted by molar-refractivity contribution is 7.98. The van der Waals surface area contributed by atoms with Gasteiger partial charge in [-0.25, -0.2) is 0 Å². The van der Waals surface area contributed by atoms with Crippen molar-refractivity contribution in [2.45, 2.75) is 49.1 Å². The molecule has 0 spiro atoms. The van der Waals surface area contributed by atoms with Crippen LogP contribution in [0.2, 0.25) is 5.02 Å². The molecule has 154 valence electrons. The van der Waals surface area contributed by atoms with Gasteiger partial charge in [-0.05, 0) is 49.2 Å². The maximum atomic E-state index is 5.95. The molecule has 0 aliphatic heterocycles. The molecular weight excluding hydrogens is 422 g/mol. The van der Waals surface area contributed by atoms with Crippen molar-refractivity contribution in [2.24, 2.45) is 0 Å². The number of halogens is 1. The third-order valence-corrected chi connectivity index (χ3v) is 6.41. The van der Waals surface area contributed by atoms with Gasteiger partial charge in [0.1, 0.15) is 0 Å². The Morgan fingerprint density at radius 3 is 2.60 bits per heavy atom. The zero-order valence-electron chi connectivity index (χ0n) is 16.2. The van der Waals surface area contributed by atoms with Crippen LogP contribution in [0.5, 0.6) is 0 Å². The molecule has 5 rings (SSSR count). The molecule has 4 aromatic rings. The first-order chi connectivity index (χ1) is 14.8. The molecule has 0 N–H and O–H groups in total. The molecule has 1 aromatic carbocycles. The molecule has 30 heavy (non-hydrogen) atoms. The number of hydrogen-bond acceptors (Lipinski definition) is 7. The number of rotatable bonds is 6. The van der Waals surface area contributed by atoms with Crippen LogP contribution in [0.3, 0.4) is 0 Å². The van der Waals surface area contributed by atoms with E-state index in [0.717, 1.165) is 35.1 Å². The molecule has 9 heteroatoms. The second-order valence-electron chi connectivity index (χ2n) is 7.24. The molecule has 0 unspecified atom stereocenters. The van der Waals surface area contributed by atoms with Crippen molar-refractivity contribution < 1.29 is 8.83 Å². The summed E-state index contributed by atoms with van der Waals surface area (Å²) in [4.78, 5) is 0. The highest BCUT2D eigenvalue weighted by Gasteiger charge is 2.25. The summed E-state index contributed by atoms with van der Waals surface area (Å²) in [5.41, 5.74) is 0.841. The van der Waals surface area contributed by atoms with E-state index in [1.807, 2.05) is 24.3 Å². The lowest BCUT2D eigenvalue weighted by molar-refractivity contribution is 0.337. The minimum Gasteiger partial charge on any atom is -0.461 e. The average molecular weight is 442 g/mol. The standard InChI is InChI=1S/C21H20ClN5O2S/c22-15-10-8-14(9-11-15)20-25-23-18(29-20)13-30-21-26-24-19(17-7-4-12-28-17)27(21)16-5-2-1-3-6-16/h4,7-12,16H,1-3,5-6,13H2. The molecule has 0 saturated heterocycles. The van der Waals surface area contributed by atoms with Crippen molar-refractivity contribution in [2.75, 3.05) is 0 Å². The molecule has 1 saturated carbocycles. The fourth-order valence-electron chi connectivity index (χ4n) is 3.76. The summed E-state index contributed by atoms with van der Waals surface area (Å²) in [6.07, 6.45) is 7.64. The molecule has 0 radical (unpaired) electrons. The normalized spacial score (nSPS) is 15.0. The van der Waals surface area contributed by atoms with Gasteiger partial charge in [0.05, 0.1) is 12.0 Å². The van der Waals surface area contributed by atoms with Crippen LogP contribution in [0.1, 0.15) is 44.0 Å². The van der Waals surface area contributed by atoms with Gasteiger partial charge >= 0.3 is 0 Å². The Labute approximate surface area is 182 Å². The number of nitrogens with zero attached hydrogens (tertiary/aromatic N) is 5. The van der Waals surface area contributed by atoms with Crippen LogP contribution in [0.15, 0.2) is 56.7 Å². The Morgan fingerprint density at radius 1 is 1.00 bits per heavy atom. The predicted molar refractivity (Wildman–Crippen MR) is 114 cm³/mol. The SMILES string of the molecule is Clc1ccc(-c2nnc(CSc3nnc(-c4ccco4)n3C3CCCCC3)o2)cc1. The lowest BCUT2D eigenvalue weighted by Crippen LogP contribution is -2.15. The summed E-state index contributed by atoms with van der Waals surface area (Å²) in [5, 5.41) is 18.7. The van der Waals surface area contributed by atoms with Crippen LogP contribution in [-0.4, -0.2) is 25.0 Å². The smallest absolute Gasteiger partial charge is 0.247 e. The van der Waals surface area contributed by atoms with E-state index < -0.39 is 0 Å². The Kier molecular flexibility index (Phi) is 5.59. The summed E-state index contributed by atoms with van der Waals surface area (Å²) in [6, 6.07) is 11.5. The second-order valence-corrected chi connectivity index (χ2v) is 8.62. The van der Waals surface area contributed by atoms with Crippen molar-refractivity contribution in [3.63, 3.8) is 0 Å². The van der Waals surface area contributed by atoms with E-state index in [1.165, 1.54) is 19.3 Å². The molecule has 3 aromatic heterocycles. The van der Waals surface area contributed by atoms with E-state index >= 15 is 0 Å². The van der Waals surface area contributed by atoms with E-state index in [2.05, 4.69) is 25.0 Å². The van der Waals surface area contributed by atoms with Gasteiger partial charge in [0, 0.05) is 16.6 Å². The third kappa shape index (κ3) is 4.02. The van der Waals surface area contributed by atoms with Gasteiger partial charge in [-0.3, -0.25) is 4.57 Å². The van der Waals surface area contributed by atoms with E-state index in [4.69, 9.17) is 20.4 Å². The summed E-state index contributed by atoms with van der Waals surface area (Å²) in [5.74, 6) is 3.06. The first kappa shape index (κ1) is 19.4. The molecule has 0 bridgehead atoms. The van der Waals surface area contributed by atoms with Gasteiger partial charge in [0.2, 0.25) is 17.6 Å². The topological polar surface area (TPSA) is 82.8 Å². The molecule has 1 fully saturated rings. The Bertz CT molecular complexity index is 1100. The van der Waals surface area contributed by atoms with Gasteiger partial charge in [0.15, 0.2) is 10.9 Å². The maximum Gasteiger partial charge on any atom is 0.247 e. The van der Waals surface area contributed by atoms with Crippen molar-refractivity contribution >= 4 is 23.4 Å². The highest BCUT2D eigenvalue weighted by atomic mass is 35.5. The number of furan rings is 1. The summed E-state index contributed by atoms with van der Waals surface area (Å²) < 4.78 is 13.7. The lowest BCUT2D eigenvalue weighted by Gasteiger charge is -2.25. The van der Waals surface area contributed by atoms with Crippen LogP contribution < -0.4 is 0 Å². The van der Waals surface area contributed by atoms with Crippen molar-refractivity contribution in [3.8, 4) is 23.0 Å². The third-order valence-electron chi connectivity index (χ3n) is 5.23. The Balaban J connectivity index is 1.37. The Hall–Kier alpha value is -2.58. The van der Waals surface area contributed by atoms with Crippen molar-refractivity contribution in [1.29, 1.82) is 0 Å². The zero-order chi connectivity index (χ0) is 20.3. The first-order valence-electron chi connectivity index (χ1n) is 9.98. The number of benzene rings is 1. The Morgan fingerprint density at radius 2 is 1.83 bits per heavy atom. The van der Waals surface area contributed by atoms with Crippen LogP contribution in [0.25, 0.3) is 23.0 Å². The minimum absolute atomic E-state index is 0.378. The van der Waals surface area contributed by atoms with E-state index in [0.29, 0.717) is 28.6 Å². The predicted octanol–water partition coefficient (Wildman–Crippen LogP) is 6.04. The lowest BCUT2D eigenvalue weighted by atomic mass is 9.95. The van der Waals surface area contributed by atoms with E-state index in [9.17, 15) is 0 Å². The number of aromatic nitrogens is 5. The molecule has 0 atom stereocenters. The van der Waals surface area contributed by atoms with Crippen molar-refractivity contribution in [1.82, 2.24) is 25.0 Å². The van der Waals surface area contributed by atoms with Crippen LogP contribution in [0, 0.1) is 0 Å². The number of hydrogen-bond donors (Lipinski definition) is 0. The fraction of sp³-hybridized carbons (Fsp3) is 0.333. The maximum absolute atomic E-state index is 5.95. The summed E-state index contributed by atoms with van der Waals surface area (Å²) >= 11 is 7.50. The van der Waals surface area contributed by atoms with Gasteiger partial charge < -0.3 is 8.83 Å². The molecule has 1 aliphatic rings. The second kappa shape index (κ2) is 8.65. The monoisotopic (exact) mass is 441 g/mol.